The number of halogens is 1. The Labute approximate surface area is 162 Å². The molecular formula is C19H23FN4O2S. The summed E-state index contributed by atoms with van der Waals surface area (Å²) in [5.41, 5.74) is 0.801. The van der Waals surface area contributed by atoms with E-state index in [1.165, 1.54) is 43.2 Å². The van der Waals surface area contributed by atoms with Crippen LogP contribution in [0, 0.1) is 5.82 Å². The van der Waals surface area contributed by atoms with Gasteiger partial charge in [-0.05, 0) is 57.1 Å². The molecule has 8 heteroatoms. The van der Waals surface area contributed by atoms with E-state index in [0.29, 0.717) is 18.1 Å². The molecule has 0 spiro atoms. The maximum Gasteiger partial charge on any atom is 0.319 e. The summed E-state index contributed by atoms with van der Waals surface area (Å²) < 4.78 is 20.6. The van der Waals surface area contributed by atoms with E-state index in [9.17, 15) is 9.18 Å². The van der Waals surface area contributed by atoms with Crippen LogP contribution in [0.25, 0.3) is 5.69 Å². The van der Waals surface area contributed by atoms with E-state index >= 15 is 0 Å². The molecule has 2 aliphatic rings. The second kappa shape index (κ2) is 7.98. The van der Waals surface area contributed by atoms with Crippen LogP contribution < -0.4 is 0 Å². The van der Waals surface area contributed by atoms with Crippen LogP contribution in [0.4, 0.5) is 4.39 Å². The van der Waals surface area contributed by atoms with Crippen molar-refractivity contribution in [3.63, 3.8) is 0 Å². The van der Waals surface area contributed by atoms with Crippen molar-refractivity contribution in [1.82, 2.24) is 19.7 Å². The van der Waals surface area contributed by atoms with Crippen molar-refractivity contribution in [3.8, 4) is 5.69 Å². The van der Waals surface area contributed by atoms with Crippen molar-refractivity contribution < 1.29 is 13.9 Å². The normalized spacial score (nSPS) is 23.6. The van der Waals surface area contributed by atoms with E-state index in [1.54, 1.807) is 12.1 Å². The molecule has 27 heavy (non-hydrogen) atoms. The molecule has 0 amide bonds. The number of thioether (sulfide) groups is 1. The number of esters is 1. The molecule has 2 aliphatic heterocycles. The highest BCUT2D eigenvalue weighted by atomic mass is 32.2. The van der Waals surface area contributed by atoms with E-state index in [-0.39, 0.29) is 23.1 Å². The van der Waals surface area contributed by atoms with Gasteiger partial charge in [0.05, 0.1) is 6.54 Å². The molecule has 0 bridgehead atoms. The smallest absolute Gasteiger partial charge is 0.319 e. The molecule has 0 N–H and O–H groups in total. The number of hydrogen-bond donors (Lipinski definition) is 0. The minimum Gasteiger partial charge on any atom is -0.462 e. The molecule has 6 nitrogen and oxygen atoms in total. The van der Waals surface area contributed by atoms with Crippen LogP contribution in [-0.4, -0.2) is 50.1 Å². The van der Waals surface area contributed by atoms with Crippen molar-refractivity contribution in [2.45, 2.75) is 55.7 Å². The fourth-order valence-corrected chi connectivity index (χ4v) is 4.77. The highest BCUT2D eigenvalue weighted by molar-refractivity contribution is 8.00. The molecule has 0 unspecified atom stereocenters. The molecule has 0 radical (unpaired) electrons. The number of hydrogen-bond acceptors (Lipinski definition) is 6. The van der Waals surface area contributed by atoms with Crippen LogP contribution >= 0.6 is 11.8 Å². The number of likely N-dealkylation sites (tertiary alicyclic amines) is 1. The van der Waals surface area contributed by atoms with Gasteiger partial charge in [0.25, 0.3) is 0 Å². The highest BCUT2D eigenvalue weighted by Crippen LogP contribution is 2.33. The average molecular weight is 390 g/mol. The number of rotatable bonds is 5. The third-order valence-electron chi connectivity index (χ3n) is 4.97. The Morgan fingerprint density at radius 1 is 1.19 bits per heavy atom. The van der Waals surface area contributed by atoms with Gasteiger partial charge in [0.1, 0.15) is 17.2 Å². The number of ether oxygens (including phenoxy) is 1. The van der Waals surface area contributed by atoms with Gasteiger partial charge >= 0.3 is 5.97 Å². The summed E-state index contributed by atoms with van der Waals surface area (Å²) >= 11 is 1.37. The van der Waals surface area contributed by atoms with Gasteiger partial charge < -0.3 is 4.74 Å². The molecule has 2 fully saturated rings. The zero-order valence-electron chi connectivity index (χ0n) is 15.3. The number of carbonyl (C=O) groups excluding carboxylic acids is 1. The number of aromatic nitrogens is 3. The van der Waals surface area contributed by atoms with Crippen LogP contribution in [0.15, 0.2) is 29.4 Å². The lowest BCUT2D eigenvalue weighted by molar-refractivity contribution is -0.140. The Bertz CT molecular complexity index is 805. The minimum absolute atomic E-state index is 0.0787. The van der Waals surface area contributed by atoms with Crippen molar-refractivity contribution in [2.24, 2.45) is 0 Å². The third kappa shape index (κ3) is 4.16. The molecule has 0 aliphatic carbocycles. The van der Waals surface area contributed by atoms with Gasteiger partial charge in [-0.15, -0.1) is 10.2 Å². The molecule has 2 aromatic rings. The maximum atomic E-state index is 13.4. The molecule has 1 aromatic carbocycles. The first-order chi connectivity index (χ1) is 13.1. The molecule has 0 saturated carbocycles. The summed E-state index contributed by atoms with van der Waals surface area (Å²) in [4.78, 5) is 14.4. The van der Waals surface area contributed by atoms with E-state index in [0.717, 1.165) is 24.6 Å². The number of piperidine rings is 1. The van der Waals surface area contributed by atoms with E-state index < -0.39 is 0 Å². The van der Waals surface area contributed by atoms with Gasteiger partial charge in [-0.3, -0.25) is 14.3 Å². The van der Waals surface area contributed by atoms with Crippen molar-refractivity contribution in [1.29, 1.82) is 0 Å². The van der Waals surface area contributed by atoms with Crippen molar-refractivity contribution >= 4 is 17.7 Å². The molecule has 3 heterocycles. The molecule has 1 aromatic heterocycles. The number of benzene rings is 1. The summed E-state index contributed by atoms with van der Waals surface area (Å²) in [6, 6.07) is 6.30. The van der Waals surface area contributed by atoms with Gasteiger partial charge in [-0.25, -0.2) is 4.39 Å². The van der Waals surface area contributed by atoms with Gasteiger partial charge in [0.2, 0.25) is 0 Å². The average Bonchev–Trinajstić information content (AvgIpc) is 3.19. The number of nitrogens with zero attached hydrogens (tertiary/aromatic N) is 4. The minimum atomic E-state index is -0.286. The summed E-state index contributed by atoms with van der Waals surface area (Å²) in [7, 11) is 0. The van der Waals surface area contributed by atoms with Crippen molar-refractivity contribution in [2.75, 3.05) is 13.1 Å². The quantitative estimate of drug-likeness (QED) is 0.731. The number of cyclic esters (lactones) is 1. The van der Waals surface area contributed by atoms with Crippen LogP contribution in [0.5, 0.6) is 0 Å². The lowest BCUT2D eigenvalue weighted by Crippen LogP contribution is -2.30. The first kappa shape index (κ1) is 18.4. The second-order valence-electron chi connectivity index (χ2n) is 7.14. The monoisotopic (exact) mass is 390 g/mol. The summed E-state index contributed by atoms with van der Waals surface area (Å²) in [6.07, 6.45) is 4.23. The third-order valence-corrected chi connectivity index (χ3v) is 6.12. The summed E-state index contributed by atoms with van der Waals surface area (Å²) in [5, 5.41) is 9.11. The highest BCUT2D eigenvalue weighted by Gasteiger charge is 2.34. The predicted octanol–water partition coefficient (Wildman–Crippen LogP) is 3.19. The first-order valence-electron chi connectivity index (χ1n) is 9.40. The molecular weight excluding hydrogens is 367 g/mol. The fraction of sp³-hybridized carbons (Fsp3) is 0.526. The van der Waals surface area contributed by atoms with Gasteiger partial charge in [0.15, 0.2) is 11.0 Å². The van der Waals surface area contributed by atoms with Gasteiger partial charge in [-0.2, -0.15) is 0 Å². The first-order valence-corrected chi connectivity index (χ1v) is 10.3. The van der Waals surface area contributed by atoms with E-state index in [1.807, 2.05) is 11.5 Å². The van der Waals surface area contributed by atoms with E-state index in [2.05, 4.69) is 15.1 Å². The molecule has 2 saturated heterocycles. The Balaban J connectivity index is 1.63. The van der Waals surface area contributed by atoms with Crippen molar-refractivity contribution in [3.05, 3.63) is 35.9 Å². The van der Waals surface area contributed by atoms with Gasteiger partial charge in [-0.1, -0.05) is 18.2 Å². The second-order valence-corrected chi connectivity index (χ2v) is 8.31. The van der Waals surface area contributed by atoms with E-state index in [4.69, 9.17) is 4.74 Å². The number of carbonyl (C=O) groups is 1. The predicted molar refractivity (Wildman–Crippen MR) is 100 cm³/mol. The van der Waals surface area contributed by atoms with Gasteiger partial charge in [0, 0.05) is 12.1 Å². The molecule has 2 atom stereocenters. The zero-order valence-corrected chi connectivity index (χ0v) is 16.1. The van der Waals surface area contributed by atoms with Crippen LogP contribution in [-0.2, 0) is 16.1 Å². The van der Waals surface area contributed by atoms with Crippen LogP contribution in [0.3, 0.4) is 0 Å². The Kier molecular flexibility index (Phi) is 5.45. The lowest BCUT2D eigenvalue weighted by Gasteiger charge is -2.26. The molecule has 144 valence electrons. The summed E-state index contributed by atoms with van der Waals surface area (Å²) in [6.45, 7) is 4.68. The Morgan fingerprint density at radius 3 is 2.59 bits per heavy atom. The topological polar surface area (TPSA) is 60.2 Å². The van der Waals surface area contributed by atoms with Crippen LogP contribution in [0.1, 0.15) is 38.4 Å². The summed E-state index contributed by atoms with van der Waals surface area (Å²) in [5.74, 6) is 0.316. The zero-order chi connectivity index (χ0) is 18.8. The SMILES string of the molecule is C[C@@H]1C[C@H](Sc2nnc(CN3CCCCC3)n2-c2ccc(F)cc2)C(=O)O1. The fourth-order valence-electron chi connectivity index (χ4n) is 3.59. The van der Waals surface area contributed by atoms with Crippen LogP contribution in [0.2, 0.25) is 0 Å². The maximum absolute atomic E-state index is 13.4. The standard InChI is InChI=1S/C19H23FN4O2S/c1-13-11-16(18(25)26-13)27-19-22-21-17(12-23-9-3-2-4-10-23)24(19)15-7-5-14(20)6-8-15/h5-8,13,16H,2-4,9-12H2,1H3/t13-,16+/m1/s1. The Morgan fingerprint density at radius 2 is 1.93 bits per heavy atom. The molecule has 4 rings (SSSR count). The Hall–Kier alpha value is -1.93. The largest absolute Gasteiger partial charge is 0.462 e. The lowest BCUT2D eigenvalue weighted by atomic mass is 10.1.